The molecule has 0 atom stereocenters. The second-order valence-corrected chi connectivity index (χ2v) is 6.58. The SMILES string of the molecule is CC(C)c1cc(Nc2cnccn2)cc(C(C)(C)C)c1O. The highest BCUT2D eigenvalue weighted by Crippen LogP contribution is 2.39. The Morgan fingerprint density at radius 3 is 2.38 bits per heavy atom. The Bertz CT molecular complexity index is 616. The molecule has 2 aromatic rings. The zero-order valence-corrected chi connectivity index (χ0v) is 13.3. The minimum absolute atomic E-state index is 0.131. The van der Waals surface area contributed by atoms with Gasteiger partial charge in [-0.2, -0.15) is 0 Å². The van der Waals surface area contributed by atoms with Crippen molar-refractivity contribution in [1.82, 2.24) is 9.97 Å². The van der Waals surface area contributed by atoms with Crippen molar-refractivity contribution in [3.05, 3.63) is 41.9 Å². The van der Waals surface area contributed by atoms with E-state index in [-0.39, 0.29) is 11.3 Å². The highest BCUT2D eigenvalue weighted by atomic mass is 16.3. The van der Waals surface area contributed by atoms with Crippen LogP contribution in [0.15, 0.2) is 30.7 Å². The molecule has 0 spiro atoms. The first-order valence-corrected chi connectivity index (χ1v) is 7.19. The third kappa shape index (κ3) is 3.51. The van der Waals surface area contributed by atoms with Crippen molar-refractivity contribution in [1.29, 1.82) is 0 Å². The summed E-state index contributed by atoms with van der Waals surface area (Å²) < 4.78 is 0. The first-order chi connectivity index (χ1) is 9.79. The molecule has 4 heteroatoms. The van der Waals surface area contributed by atoms with Gasteiger partial charge in [-0.15, -0.1) is 0 Å². The van der Waals surface area contributed by atoms with Gasteiger partial charge >= 0.3 is 0 Å². The Balaban J connectivity index is 2.49. The lowest BCUT2D eigenvalue weighted by Gasteiger charge is -2.24. The average Bonchev–Trinajstić information content (AvgIpc) is 2.40. The summed E-state index contributed by atoms with van der Waals surface area (Å²) in [6, 6.07) is 3.96. The number of hydrogen-bond acceptors (Lipinski definition) is 4. The lowest BCUT2D eigenvalue weighted by Crippen LogP contribution is -2.13. The molecule has 1 aromatic carbocycles. The average molecular weight is 285 g/mol. The maximum Gasteiger partial charge on any atom is 0.148 e. The van der Waals surface area contributed by atoms with Crippen molar-refractivity contribution >= 4 is 11.5 Å². The molecular weight excluding hydrogens is 262 g/mol. The van der Waals surface area contributed by atoms with E-state index in [1.807, 2.05) is 12.1 Å². The highest BCUT2D eigenvalue weighted by Gasteiger charge is 2.22. The van der Waals surface area contributed by atoms with Crippen LogP contribution in [0.1, 0.15) is 51.7 Å². The number of benzene rings is 1. The van der Waals surface area contributed by atoms with Crippen LogP contribution in [0.3, 0.4) is 0 Å². The molecule has 4 nitrogen and oxygen atoms in total. The second-order valence-electron chi connectivity index (χ2n) is 6.58. The molecule has 0 aliphatic heterocycles. The van der Waals surface area contributed by atoms with Crippen LogP contribution in [-0.4, -0.2) is 15.1 Å². The normalized spacial score (nSPS) is 11.7. The molecule has 0 radical (unpaired) electrons. The van der Waals surface area contributed by atoms with Crippen LogP contribution in [0, 0.1) is 0 Å². The monoisotopic (exact) mass is 285 g/mol. The summed E-state index contributed by atoms with van der Waals surface area (Å²) in [5.41, 5.74) is 2.66. The zero-order chi connectivity index (χ0) is 15.6. The molecule has 0 saturated heterocycles. The van der Waals surface area contributed by atoms with Crippen molar-refractivity contribution in [3.63, 3.8) is 0 Å². The van der Waals surface area contributed by atoms with E-state index < -0.39 is 0 Å². The Hall–Kier alpha value is -2.10. The predicted octanol–water partition coefficient (Wildman–Crippen LogP) is 4.35. The molecule has 0 aliphatic rings. The summed E-state index contributed by atoms with van der Waals surface area (Å²) in [7, 11) is 0. The molecule has 21 heavy (non-hydrogen) atoms. The molecule has 1 heterocycles. The van der Waals surface area contributed by atoms with Crippen LogP contribution in [0.5, 0.6) is 5.75 Å². The van der Waals surface area contributed by atoms with E-state index in [4.69, 9.17) is 0 Å². The smallest absolute Gasteiger partial charge is 0.148 e. The summed E-state index contributed by atoms with van der Waals surface area (Å²) in [6.07, 6.45) is 4.97. The molecule has 0 fully saturated rings. The number of nitrogens with one attached hydrogen (secondary N) is 1. The Morgan fingerprint density at radius 1 is 1.14 bits per heavy atom. The minimum atomic E-state index is -0.131. The number of hydrogen-bond donors (Lipinski definition) is 2. The van der Waals surface area contributed by atoms with Gasteiger partial charge in [0.05, 0.1) is 6.20 Å². The summed E-state index contributed by atoms with van der Waals surface area (Å²) >= 11 is 0. The Kier molecular flexibility index (Phi) is 4.16. The van der Waals surface area contributed by atoms with Crippen molar-refractivity contribution < 1.29 is 5.11 Å². The Labute approximate surface area is 126 Å². The van der Waals surface area contributed by atoms with E-state index in [1.165, 1.54) is 0 Å². The van der Waals surface area contributed by atoms with Crippen LogP contribution < -0.4 is 5.32 Å². The maximum atomic E-state index is 10.5. The van der Waals surface area contributed by atoms with Gasteiger partial charge in [0.1, 0.15) is 11.6 Å². The highest BCUT2D eigenvalue weighted by molar-refractivity contribution is 5.63. The van der Waals surface area contributed by atoms with Gasteiger partial charge < -0.3 is 10.4 Å². The lowest BCUT2D eigenvalue weighted by molar-refractivity contribution is 0.438. The fourth-order valence-electron chi connectivity index (χ4n) is 2.25. The molecule has 0 unspecified atom stereocenters. The molecule has 0 aliphatic carbocycles. The van der Waals surface area contributed by atoms with E-state index in [2.05, 4.69) is 49.9 Å². The third-order valence-electron chi connectivity index (χ3n) is 3.41. The van der Waals surface area contributed by atoms with Crippen LogP contribution in [-0.2, 0) is 5.41 Å². The van der Waals surface area contributed by atoms with Crippen molar-refractivity contribution in [2.45, 2.75) is 46.0 Å². The van der Waals surface area contributed by atoms with Gasteiger partial charge in [0.2, 0.25) is 0 Å². The molecule has 2 rings (SSSR count). The van der Waals surface area contributed by atoms with E-state index in [0.29, 0.717) is 11.6 Å². The first-order valence-electron chi connectivity index (χ1n) is 7.19. The fourth-order valence-corrected chi connectivity index (χ4v) is 2.25. The topological polar surface area (TPSA) is 58.0 Å². The van der Waals surface area contributed by atoms with Crippen LogP contribution in [0.25, 0.3) is 0 Å². The van der Waals surface area contributed by atoms with Gasteiger partial charge in [0.25, 0.3) is 0 Å². The van der Waals surface area contributed by atoms with Crippen molar-refractivity contribution in [2.75, 3.05) is 5.32 Å². The van der Waals surface area contributed by atoms with Crippen LogP contribution in [0.4, 0.5) is 11.5 Å². The number of aromatic hydroxyl groups is 1. The molecule has 1 aromatic heterocycles. The standard InChI is InChI=1S/C17H23N3O/c1-11(2)13-8-12(20-15-10-18-6-7-19-15)9-14(16(13)21)17(3,4)5/h6-11,21H,1-5H3,(H,19,20). The maximum absolute atomic E-state index is 10.5. The molecule has 0 amide bonds. The third-order valence-corrected chi connectivity index (χ3v) is 3.41. The molecule has 112 valence electrons. The van der Waals surface area contributed by atoms with E-state index in [9.17, 15) is 5.11 Å². The van der Waals surface area contributed by atoms with Gasteiger partial charge in [-0.25, -0.2) is 4.98 Å². The van der Waals surface area contributed by atoms with Gasteiger partial charge in [-0.05, 0) is 29.0 Å². The zero-order valence-electron chi connectivity index (χ0n) is 13.3. The number of nitrogens with zero attached hydrogens (tertiary/aromatic N) is 2. The fraction of sp³-hybridized carbons (Fsp3) is 0.412. The second kappa shape index (κ2) is 5.72. The molecule has 2 N–H and O–H groups in total. The van der Waals surface area contributed by atoms with Crippen LogP contribution in [0.2, 0.25) is 0 Å². The van der Waals surface area contributed by atoms with Gasteiger partial charge in [0.15, 0.2) is 0 Å². The van der Waals surface area contributed by atoms with Crippen LogP contribution >= 0.6 is 0 Å². The van der Waals surface area contributed by atoms with E-state index >= 15 is 0 Å². The number of anilines is 2. The summed E-state index contributed by atoms with van der Waals surface area (Å²) in [6.45, 7) is 10.4. The summed E-state index contributed by atoms with van der Waals surface area (Å²) in [5.74, 6) is 1.33. The predicted molar refractivity (Wildman–Crippen MR) is 86.2 cm³/mol. The Morgan fingerprint density at radius 2 is 1.86 bits per heavy atom. The molecular formula is C17H23N3O. The lowest BCUT2D eigenvalue weighted by atomic mass is 9.83. The van der Waals surface area contributed by atoms with Gasteiger partial charge in [0, 0.05) is 23.6 Å². The summed E-state index contributed by atoms with van der Waals surface area (Å²) in [4.78, 5) is 8.28. The number of phenolic OH excluding ortho intramolecular Hbond substituents is 1. The molecule has 0 bridgehead atoms. The first kappa shape index (κ1) is 15.3. The van der Waals surface area contributed by atoms with Gasteiger partial charge in [-0.1, -0.05) is 34.6 Å². The minimum Gasteiger partial charge on any atom is -0.507 e. The quantitative estimate of drug-likeness (QED) is 0.823. The summed E-state index contributed by atoms with van der Waals surface area (Å²) in [5, 5.41) is 13.8. The number of rotatable bonds is 3. The van der Waals surface area contributed by atoms with E-state index in [1.54, 1.807) is 18.6 Å². The number of phenols is 1. The van der Waals surface area contributed by atoms with Crippen molar-refractivity contribution in [2.24, 2.45) is 0 Å². The molecule has 0 saturated carbocycles. The van der Waals surface area contributed by atoms with Crippen molar-refractivity contribution in [3.8, 4) is 5.75 Å². The van der Waals surface area contributed by atoms with E-state index in [0.717, 1.165) is 16.8 Å². The van der Waals surface area contributed by atoms with Gasteiger partial charge in [-0.3, -0.25) is 4.98 Å². The number of aromatic nitrogens is 2. The largest absolute Gasteiger partial charge is 0.507 e.